The van der Waals surface area contributed by atoms with Gasteiger partial charge in [0.25, 0.3) is 0 Å². The van der Waals surface area contributed by atoms with Crippen LogP contribution in [0.3, 0.4) is 0 Å². The van der Waals surface area contributed by atoms with E-state index in [1.54, 1.807) is 25.7 Å². The van der Waals surface area contributed by atoms with Crippen LogP contribution in [0.4, 0.5) is 9.59 Å². The predicted octanol–water partition coefficient (Wildman–Crippen LogP) is 3.72. The number of carbonyl (C=O) groups is 4. The summed E-state index contributed by atoms with van der Waals surface area (Å²) in [5, 5.41) is 6.72. The summed E-state index contributed by atoms with van der Waals surface area (Å²) in [4.78, 5) is 58.7. The zero-order valence-corrected chi connectivity index (χ0v) is 23.0. The molecule has 10 nitrogen and oxygen atoms in total. The van der Waals surface area contributed by atoms with E-state index >= 15 is 0 Å². The lowest BCUT2D eigenvalue weighted by Gasteiger charge is -2.38. The molecule has 2 aliphatic rings. The van der Waals surface area contributed by atoms with Crippen molar-refractivity contribution in [3.63, 3.8) is 0 Å². The molecule has 2 aromatic carbocycles. The number of fused-ring (bicyclic) bond motifs is 2. The molecule has 0 unspecified atom stereocenters. The Morgan fingerprint density at radius 3 is 2.55 bits per heavy atom. The smallest absolute Gasteiger partial charge is 0.408 e. The Hall–Kier alpha value is -4.34. The minimum absolute atomic E-state index is 0.121. The summed E-state index contributed by atoms with van der Waals surface area (Å²) in [6, 6.07) is 15.0. The molecule has 0 saturated carbocycles. The average Bonchev–Trinajstić information content (AvgIpc) is 3.50. The van der Waals surface area contributed by atoms with Crippen molar-refractivity contribution in [1.29, 1.82) is 0 Å². The van der Waals surface area contributed by atoms with Crippen LogP contribution in [0.5, 0.6) is 0 Å². The van der Waals surface area contributed by atoms with Crippen molar-refractivity contribution in [3.8, 4) is 0 Å². The topological polar surface area (TPSA) is 124 Å². The number of amides is 5. The highest BCUT2D eigenvalue weighted by molar-refractivity contribution is 5.98. The van der Waals surface area contributed by atoms with E-state index in [1.807, 2.05) is 60.8 Å². The van der Waals surface area contributed by atoms with Crippen LogP contribution < -0.4 is 10.6 Å². The number of H-pyrrole nitrogens is 1. The number of nitrogens with one attached hydrogen (secondary N) is 3. The fourth-order valence-electron chi connectivity index (χ4n) is 5.45. The number of hydrogen-bond donors (Lipinski definition) is 3. The molecule has 3 atom stereocenters. The molecule has 40 heavy (non-hydrogen) atoms. The van der Waals surface area contributed by atoms with Gasteiger partial charge >= 0.3 is 12.1 Å². The maximum atomic E-state index is 13.6. The Labute approximate surface area is 233 Å². The zero-order valence-electron chi connectivity index (χ0n) is 23.0. The molecule has 2 fully saturated rings. The third kappa shape index (κ3) is 5.95. The van der Waals surface area contributed by atoms with Gasteiger partial charge in [0.1, 0.15) is 11.6 Å². The first-order chi connectivity index (χ1) is 19.1. The molecule has 3 heterocycles. The molecule has 5 amide bonds. The molecular weight excluding hydrogens is 510 g/mol. The van der Waals surface area contributed by atoms with Crippen molar-refractivity contribution in [1.82, 2.24) is 25.4 Å². The van der Waals surface area contributed by atoms with Crippen LogP contribution in [0.25, 0.3) is 10.9 Å². The number of rotatable bonds is 7. The number of aromatic nitrogens is 1. The van der Waals surface area contributed by atoms with Gasteiger partial charge in [-0.15, -0.1) is 0 Å². The largest absolute Gasteiger partial charge is 0.444 e. The Kier molecular flexibility index (Phi) is 7.51. The third-order valence-corrected chi connectivity index (χ3v) is 7.32. The van der Waals surface area contributed by atoms with Crippen molar-refractivity contribution in [2.24, 2.45) is 0 Å². The van der Waals surface area contributed by atoms with Gasteiger partial charge in [-0.2, -0.15) is 0 Å². The minimum atomic E-state index is -0.923. The Balaban J connectivity index is 1.30. The second kappa shape index (κ2) is 11.0. The van der Waals surface area contributed by atoms with Gasteiger partial charge in [-0.25, -0.2) is 9.59 Å². The van der Waals surface area contributed by atoms with Gasteiger partial charge in [-0.1, -0.05) is 48.5 Å². The van der Waals surface area contributed by atoms with Gasteiger partial charge in [0.2, 0.25) is 11.8 Å². The molecule has 1 aromatic heterocycles. The first-order valence-electron chi connectivity index (χ1n) is 13.6. The first kappa shape index (κ1) is 27.2. The van der Waals surface area contributed by atoms with E-state index in [0.717, 1.165) is 22.0 Å². The van der Waals surface area contributed by atoms with Crippen LogP contribution in [-0.4, -0.2) is 69.0 Å². The predicted molar refractivity (Wildman–Crippen MR) is 149 cm³/mol. The molecule has 2 aliphatic heterocycles. The number of carbonyl (C=O) groups excluding carboxylic acids is 4. The van der Waals surface area contributed by atoms with Crippen molar-refractivity contribution in [3.05, 3.63) is 71.9 Å². The van der Waals surface area contributed by atoms with E-state index in [1.165, 1.54) is 4.90 Å². The lowest BCUT2D eigenvalue weighted by Crippen LogP contribution is -2.59. The molecule has 3 N–H and O–H groups in total. The molecule has 3 aromatic rings. The molecule has 0 radical (unpaired) electrons. The van der Waals surface area contributed by atoms with Crippen LogP contribution in [0.15, 0.2) is 60.8 Å². The zero-order chi connectivity index (χ0) is 28.4. The maximum Gasteiger partial charge on any atom is 0.408 e. The van der Waals surface area contributed by atoms with Gasteiger partial charge < -0.3 is 25.3 Å². The molecule has 10 heteroatoms. The highest BCUT2D eigenvalue weighted by Crippen LogP contribution is 2.29. The summed E-state index contributed by atoms with van der Waals surface area (Å²) in [7, 11) is 0. The highest BCUT2D eigenvalue weighted by atomic mass is 16.6. The number of aromatic amines is 1. The van der Waals surface area contributed by atoms with Crippen LogP contribution >= 0.6 is 0 Å². The van der Waals surface area contributed by atoms with Gasteiger partial charge in [0.05, 0.1) is 18.6 Å². The summed E-state index contributed by atoms with van der Waals surface area (Å²) < 4.78 is 5.43. The van der Waals surface area contributed by atoms with Crippen molar-refractivity contribution in [2.45, 2.75) is 70.3 Å². The van der Waals surface area contributed by atoms with Gasteiger partial charge in [0.15, 0.2) is 0 Å². The molecule has 210 valence electrons. The Morgan fingerprint density at radius 2 is 1.80 bits per heavy atom. The SMILES string of the molecule is CC(C)(C)OC(=O)N[C@@H](Cc1c[nH]c2ccccc12)C(=O)N[C@@H]1CCN2C(=O)N(Cc3ccccc3)C(=O)C[C@@H]12. The van der Waals surface area contributed by atoms with Crippen molar-refractivity contribution >= 4 is 34.8 Å². The number of urea groups is 1. The van der Waals surface area contributed by atoms with Crippen LogP contribution in [0.1, 0.15) is 44.7 Å². The van der Waals surface area contributed by atoms with Crippen LogP contribution in [0.2, 0.25) is 0 Å². The molecule has 2 saturated heterocycles. The average molecular weight is 546 g/mol. The summed E-state index contributed by atoms with van der Waals surface area (Å²) in [5.41, 5.74) is 1.95. The molecule has 0 aliphatic carbocycles. The Morgan fingerprint density at radius 1 is 1.07 bits per heavy atom. The monoisotopic (exact) mass is 545 g/mol. The molecule has 5 rings (SSSR count). The van der Waals surface area contributed by atoms with Crippen LogP contribution in [-0.2, 0) is 27.3 Å². The second-order valence-electron chi connectivity index (χ2n) is 11.4. The highest BCUT2D eigenvalue weighted by Gasteiger charge is 2.46. The number of imide groups is 1. The van der Waals surface area contributed by atoms with Gasteiger partial charge in [-0.3, -0.25) is 14.5 Å². The third-order valence-electron chi connectivity index (χ3n) is 7.32. The van der Waals surface area contributed by atoms with Crippen molar-refractivity contribution < 1.29 is 23.9 Å². The second-order valence-corrected chi connectivity index (χ2v) is 11.4. The van der Waals surface area contributed by atoms with Gasteiger partial charge in [-0.05, 0) is 44.4 Å². The molecular formula is C30H35N5O5. The number of hydrogen-bond acceptors (Lipinski definition) is 5. The summed E-state index contributed by atoms with van der Waals surface area (Å²) in [6.07, 6.45) is 2.01. The number of alkyl carbamates (subject to hydrolysis) is 1. The molecule has 0 bridgehead atoms. The fraction of sp³-hybridized carbons (Fsp3) is 0.400. The lowest BCUT2D eigenvalue weighted by atomic mass is 10.0. The van der Waals surface area contributed by atoms with Gasteiger partial charge in [0, 0.05) is 36.5 Å². The number of benzene rings is 2. The first-order valence-corrected chi connectivity index (χ1v) is 13.6. The standard InChI is InChI=1S/C30H35N5O5/c1-30(2,3)40-28(38)33-24(15-20-17-31-22-12-8-7-11-21(20)22)27(37)32-23-13-14-34-25(23)16-26(36)35(29(34)39)18-19-9-5-4-6-10-19/h4-12,17,23-25,31H,13-16,18H2,1-3H3,(H,32,37)(H,33,38)/t23-,24+,25+/m1/s1. The van der Waals surface area contributed by atoms with E-state index in [-0.39, 0.29) is 31.3 Å². The van der Waals surface area contributed by atoms with E-state index < -0.39 is 35.7 Å². The molecule has 0 spiro atoms. The number of ether oxygens (including phenoxy) is 1. The number of para-hydroxylation sites is 1. The fourth-order valence-corrected chi connectivity index (χ4v) is 5.45. The summed E-state index contributed by atoms with van der Waals surface area (Å²) in [5.74, 6) is -0.659. The minimum Gasteiger partial charge on any atom is -0.444 e. The van der Waals surface area contributed by atoms with E-state index in [2.05, 4.69) is 15.6 Å². The van der Waals surface area contributed by atoms with Crippen molar-refractivity contribution in [2.75, 3.05) is 6.54 Å². The number of nitrogens with zero attached hydrogens (tertiary/aromatic N) is 2. The van der Waals surface area contributed by atoms with Crippen LogP contribution in [0, 0.1) is 0 Å². The van der Waals surface area contributed by atoms with E-state index in [4.69, 9.17) is 4.74 Å². The maximum absolute atomic E-state index is 13.6. The lowest BCUT2D eigenvalue weighted by molar-refractivity contribution is -0.133. The van der Waals surface area contributed by atoms with E-state index in [9.17, 15) is 19.2 Å². The summed E-state index contributed by atoms with van der Waals surface area (Å²) >= 11 is 0. The quantitative estimate of drug-likeness (QED) is 0.418. The Bertz CT molecular complexity index is 1410. The summed E-state index contributed by atoms with van der Waals surface area (Å²) in [6.45, 7) is 5.91. The normalized spacial score (nSPS) is 19.9. The van der Waals surface area contributed by atoms with E-state index in [0.29, 0.717) is 13.0 Å².